The lowest BCUT2D eigenvalue weighted by atomic mass is 9.60. The first-order valence-electron chi connectivity index (χ1n) is 10.4. The van der Waals surface area contributed by atoms with Gasteiger partial charge in [-0.25, -0.2) is 18.2 Å². The van der Waals surface area contributed by atoms with Gasteiger partial charge in [-0.05, 0) is 37.5 Å². The second kappa shape index (κ2) is 6.50. The van der Waals surface area contributed by atoms with Crippen LogP contribution >= 0.6 is 0 Å². The first-order valence-corrected chi connectivity index (χ1v) is 10.4. The van der Waals surface area contributed by atoms with Crippen LogP contribution in [0.25, 0.3) is 0 Å². The monoisotopic (exact) mass is 420 g/mol. The molecule has 0 radical (unpaired) electrons. The highest BCUT2D eigenvalue weighted by Crippen LogP contribution is 2.52. The molecule has 1 aromatic rings. The number of hydrogen-bond acceptors (Lipinski definition) is 5. The Kier molecular flexibility index (Phi) is 4.21. The van der Waals surface area contributed by atoms with Crippen LogP contribution in [0.3, 0.4) is 0 Å². The molecule has 5 aliphatic rings. The van der Waals surface area contributed by atoms with E-state index in [4.69, 9.17) is 5.11 Å². The van der Waals surface area contributed by atoms with Gasteiger partial charge in [-0.15, -0.1) is 0 Å². The Balaban J connectivity index is 1.55. The molecule has 6 rings (SSSR count). The number of rotatable bonds is 4. The average Bonchev–Trinajstić information content (AvgIpc) is 3.04. The maximum atomic E-state index is 14.8. The highest BCUT2D eigenvalue weighted by molar-refractivity contribution is 5.71. The standard InChI is InChI=1S/C21H23F3N4O2/c1-10-16(22)9-28(10)20-15(6-25)18-13(2-3-21(18,23)24)19(26-20)27-7-11-4-12(8-27)14(11)5-17(29)30/h10-12,14,16H,2-5,7-9H2,1H3,(H,29,30). The second-order valence-corrected chi connectivity index (χ2v) is 9.14. The SMILES string of the molecule is CC1C(F)CN1c1nc(N2CC3CC(C2)C3CC(=O)O)c2c(c1C#N)C(F)(F)CC2. The molecule has 1 aromatic heterocycles. The van der Waals surface area contributed by atoms with E-state index in [9.17, 15) is 23.2 Å². The summed E-state index contributed by atoms with van der Waals surface area (Å²) >= 11 is 0. The number of anilines is 2. The van der Waals surface area contributed by atoms with E-state index in [0.717, 1.165) is 6.42 Å². The third kappa shape index (κ3) is 2.69. The minimum atomic E-state index is -3.11. The number of alkyl halides is 3. The number of nitriles is 1. The topological polar surface area (TPSA) is 80.5 Å². The molecule has 30 heavy (non-hydrogen) atoms. The lowest BCUT2D eigenvalue weighted by Crippen LogP contribution is -2.58. The Labute approximate surface area is 172 Å². The number of fused-ring (bicyclic) bond motifs is 3. The summed E-state index contributed by atoms with van der Waals surface area (Å²) in [5.74, 6) is -2.78. The molecule has 160 valence electrons. The molecule has 0 spiro atoms. The zero-order chi connectivity index (χ0) is 21.4. The van der Waals surface area contributed by atoms with Gasteiger partial charge in [-0.3, -0.25) is 4.79 Å². The fourth-order valence-electron chi connectivity index (χ4n) is 5.76. The van der Waals surface area contributed by atoms with Crippen LogP contribution in [0.15, 0.2) is 0 Å². The third-order valence-corrected chi connectivity index (χ3v) is 7.52. The maximum absolute atomic E-state index is 14.8. The van der Waals surface area contributed by atoms with Gasteiger partial charge in [0.25, 0.3) is 5.92 Å². The highest BCUT2D eigenvalue weighted by atomic mass is 19.3. The number of carboxylic acid groups (broad SMARTS) is 1. The van der Waals surface area contributed by atoms with Crippen LogP contribution in [0.1, 0.15) is 42.9 Å². The normalized spacial score (nSPS) is 33.4. The molecular weight excluding hydrogens is 397 g/mol. The molecule has 4 heterocycles. The van der Waals surface area contributed by atoms with E-state index in [1.54, 1.807) is 11.8 Å². The first-order chi connectivity index (χ1) is 14.2. The molecule has 9 heteroatoms. The Morgan fingerprint density at radius 1 is 1.30 bits per heavy atom. The van der Waals surface area contributed by atoms with Crippen molar-refractivity contribution in [2.24, 2.45) is 17.8 Å². The smallest absolute Gasteiger partial charge is 0.303 e. The molecule has 0 amide bonds. The van der Waals surface area contributed by atoms with E-state index < -0.39 is 24.1 Å². The molecular formula is C21H23F3N4O2. The van der Waals surface area contributed by atoms with E-state index in [0.29, 0.717) is 24.5 Å². The summed E-state index contributed by atoms with van der Waals surface area (Å²) in [5, 5.41) is 18.8. The van der Waals surface area contributed by atoms with Gasteiger partial charge in [-0.2, -0.15) is 5.26 Å². The minimum Gasteiger partial charge on any atom is -0.481 e. The van der Waals surface area contributed by atoms with E-state index >= 15 is 0 Å². The number of hydrogen-bond donors (Lipinski definition) is 1. The van der Waals surface area contributed by atoms with Gasteiger partial charge in [0.05, 0.1) is 12.6 Å². The molecule has 4 unspecified atom stereocenters. The lowest BCUT2D eigenvalue weighted by molar-refractivity contribution is -0.141. The Morgan fingerprint density at radius 2 is 2.00 bits per heavy atom. The second-order valence-electron chi connectivity index (χ2n) is 9.14. The van der Waals surface area contributed by atoms with Crippen molar-refractivity contribution in [1.82, 2.24) is 4.98 Å². The molecule has 1 N–H and O–H groups in total. The van der Waals surface area contributed by atoms with Crippen molar-refractivity contribution < 1.29 is 23.1 Å². The van der Waals surface area contributed by atoms with Crippen molar-refractivity contribution in [3.05, 3.63) is 16.7 Å². The Hall–Kier alpha value is -2.50. The van der Waals surface area contributed by atoms with Crippen molar-refractivity contribution in [2.45, 2.75) is 50.7 Å². The van der Waals surface area contributed by atoms with Crippen molar-refractivity contribution in [2.75, 3.05) is 29.4 Å². The van der Waals surface area contributed by atoms with Crippen molar-refractivity contribution >= 4 is 17.6 Å². The summed E-state index contributed by atoms with van der Waals surface area (Å²) < 4.78 is 43.4. The van der Waals surface area contributed by atoms with Gasteiger partial charge in [0, 0.05) is 37.1 Å². The van der Waals surface area contributed by atoms with Crippen LogP contribution in [0.4, 0.5) is 24.8 Å². The van der Waals surface area contributed by atoms with Crippen LogP contribution in [-0.2, 0) is 17.1 Å². The summed E-state index contributed by atoms with van der Waals surface area (Å²) in [6.07, 6.45) is -0.212. The molecule has 4 atom stereocenters. The molecule has 6 nitrogen and oxygen atoms in total. The molecule has 3 aliphatic heterocycles. The fourth-order valence-corrected chi connectivity index (χ4v) is 5.76. The van der Waals surface area contributed by atoms with Gasteiger partial charge >= 0.3 is 5.97 Å². The molecule has 2 aliphatic carbocycles. The largest absolute Gasteiger partial charge is 0.481 e. The Bertz CT molecular complexity index is 951. The fraction of sp³-hybridized carbons (Fsp3) is 0.667. The number of nitrogens with zero attached hydrogens (tertiary/aromatic N) is 4. The van der Waals surface area contributed by atoms with E-state index in [1.807, 2.05) is 11.0 Å². The van der Waals surface area contributed by atoms with Crippen LogP contribution in [0.2, 0.25) is 0 Å². The number of halogens is 3. The first kappa shape index (κ1) is 19.5. The zero-order valence-electron chi connectivity index (χ0n) is 16.6. The average molecular weight is 420 g/mol. The van der Waals surface area contributed by atoms with Gasteiger partial charge in [-0.1, -0.05) is 0 Å². The van der Waals surface area contributed by atoms with Gasteiger partial charge < -0.3 is 14.9 Å². The van der Waals surface area contributed by atoms with Crippen molar-refractivity contribution in [3.8, 4) is 6.07 Å². The Morgan fingerprint density at radius 3 is 2.57 bits per heavy atom. The molecule has 1 saturated carbocycles. The molecule has 4 fully saturated rings. The summed E-state index contributed by atoms with van der Waals surface area (Å²) in [4.78, 5) is 19.4. The summed E-state index contributed by atoms with van der Waals surface area (Å²) in [6, 6.07) is 1.41. The van der Waals surface area contributed by atoms with Gasteiger partial charge in [0.1, 0.15) is 29.4 Å². The van der Waals surface area contributed by atoms with Crippen LogP contribution in [-0.4, -0.2) is 47.9 Å². The number of carboxylic acids is 1. The van der Waals surface area contributed by atoms with E-state index in [1.165, 1.54) is 0 Å². The van der Waals surface area contributed by atoms with Crippen molar-refractivity contribution in [1.29, 1.82) is 5.26 Å². The molecule has 2 bridgehead atoms. The van der Waals surface area contributed by atoms with Crippen LogP contribution < -0.4 is 9.80 Å². The number of aliphatic carboxylic acids is 1. The van der Waals surface area contributed by atoms with Crippen LogP contribution in [0.5, 0.6) is 0 Å². The molecule has 0 aromatic carbocycles. The van der Waals surface area contributed by atoms with E-state index in [2.05, 4.69) is 4.98 Å². The number of pyridine rings is 1. The summed E-state index contributed by atoms with van der Waals surface area (Å²) in [7, 11) is 0. The van der Waals surface area contributed by atoms with Gasteiger partial charge in [0.2, 0.25) is 0 Å². The maximum Gasteiger partial charge on any atom is 0.303 e. The number of piperidine rings is 2. The van der Waals surface area contributed by atoms with Crippen molar-refractivity contribution in [3.63, 3.8) is 0 Å². The van der Waals surface area contributed by atoms with E-state index in [-0.39, 0.29) is 60.5 Å². The number of carbonyl (C=O) groups is 1. The van der Waals surface area contributed by atoms with Crippen LogP contribution in [0, 0.1) is 29.1 Å². The predicted octanol–water partition coefficient (Wildman–Crippen LogP) is 3.08. The van der Waals surface area contributed by atoms with Gasteiger partial charge in [0.15, 0.2) is 0 Å². The third-order valence-electron chi connectivity index (χ3n) is 7.52. The summed E-state index contributed by atoms with van der Waals surface area (Å²) in [5.41, 5.74) is 0.0307. The number of aromatic nitrogens is 1. The highest BCUT2D eigenvalue weighted by Gasteiger charge is 2.51. The quantitative estimate of drug-likeness (QED) is 0.806. The molecule has 3 saturated heterocycles. The lowest BCUT2D eigenvalue weighted by Gasteiger charge is -2.54. The predicted molar refractivity (Wildman–Crippen MR) is 102 cm³/mol. The summed E-state index contributed by atoms with van der Waals surface area (Å²) in [6.45, 7) is 2.85. The zero-order valence-corrected chi connectivity index (χ0v) is 16.6. The minimum absolute atomic E-state index is 0.0403.